The van der Waals surface area contributed by atoms with Crippen LogP contribution in [0.1, 0.15) is 11.6 Å². The molecule has 100 valence electrons. The molecule has 0 aromatic heterocycles. The summed E-state index contributed by atoms with van der Waals surface area (Å²) in [6.07, 6.45) is 0. The highest BCUT2D eigenvalue weighted by Gasteiger charge is 2.16. The summed E-state index contributed by atoms with van der Waals surface area (Å²) < 4.78 is 6.21. The summed E-state index contributed by atoms with van der Waals surface area (Å²) in [6.45, 7) is 3.79. The highest BCUT2D eigenvalue weighted by atomic mass is 79.9. The summed E-state index contributed by atoms with van der Waals surface area (Å²) >= 11 is 9.50. The van der Waals surface area contributed by atoms with Gasteiger partial charge >= 0.3 is 0 Å². The van der Waals surface area contributed by atoms with Crippen LogP contribution in [0.25, 0.3) is 0 Å². The fourth-order valence-electron chi connectivity index (χ4n) is 1.91. The van der Waals surface area contributed by atoms with Gasteiger partial charge in [0, 0.05) is 24.1 Å². The Morgan fingerprint density at radius 3 is 2.78 bits per heavy atom. The standard InChI is InChI=1S/C12H17BrClN3O/c13-10-2-1-9(7-11(10)14)12(8-15)16-17-3-5-18-6-4-17/h1-2,7,12,16H,3-6,8,15H2. The number of nitrogens with zero attached hydrogens (tertiary/aromatic N) is 1. The molecule has 1 aromatic rings. The molecule has 0 radical (unpaired) electrons. The Hall–Kier alpha value is -0.170. The number of hydrazine groups is 1. The van der Waals surface area contributed by atoms with Crippen LogP contribution >= 0.6 is 27.5 Å². The van der Waals surface area contributed by atoms with Gasteiger partial charge in [-0.1, -0.05) is 17.7 Å². The number of morpholine rings is 1. The number of halogens is 2. The molecule has 0 amide bonds. The SMILES string of the molecule is NCC(NN1CCOCC1)c1ccc(Br)c(Cl)c1. The Morgan fingerprint density at radius 1 is 1.44 bits per heavy atom. The first-order valence-corrected chi connectivity index (χ1v) is 7.11. The van der Waals surface area contributed by atoms with E-state index < -0.39 is 0 Å². The van der Waals surface area contributed by atoms with Gasteiger partial charge in [-0.3, -0.25) is 0 Å². The fraction of sp³-hybridized carbons (Fsp3) is 0.500. The van der Waals surface area contributed by atoms with E-state index in [1.807, 2.05) is 18.2 Å². The van der Waals surface area contributed by atoms with E-state index in [1.165, 1.54) is 0 Å². The van der Waals surface area contributed by atoms with Gasteiger partial charge in [0.2, 0.25) is 0 Å². The van der Waals surface area contributed by atoms with E-state index in [2.05, 4.69) is 26.4 Å². The monoisotopic (exact) mass is 333 g/mol. The van der Waals surface area contributed by atoms with Gasteiger partial charge in [-0.2, -0.15) is 0 Å². The quantitative estimate of drug-likeness (QED) is 0.883. The van der Waals surface area contributed by atoms with Crippen molar-refractivity contribution >= 4 is 27.5 Å². The lowest BCUT2D eigenvalue weighted by Gasteiger charge is -2.31. The minimum atomic E-state index is 0.0775. The largest absolute Gasteiger partial charge is 0.379 e. The first-order valence-electron chi connectivity index (χ1n) is 5.94. The third kappa shape index (κ3) is 3.66. The Labute approximate surface area is 121 Å². The second-order valence-electron chi connectivity index (χ2n) is 4.19. The number of nitrogens with one attached hydrogen (secondary N) is 1. The van der Waals surface area contributed by atoms with Crippen molar-refractivity contribution in [2.24, 2.45) is 5.73 Å². The van der Waals surface area contributed by atoms with Gasteiger partial charge in [-0.25, -0.2) is 10.4 Å². The van der Waals surface area contributed by atoms with Crippen LogP contribution < -0.4 is 11.2 Å². The molecule has 3 N–H and O–H groups in total. The minimum absolute atomic E-state index is 0.0775. The van der Waals surface area contributed by atoms with Gasteiger partial charge in [0.25, 0.3) is 0 Å². The number of benzene rings is 1. The van der Waals surface area contributed by atoms with Crippen LogP contribution in [0.3, 0.4) is 0 Å². The van der Waals surface area contributed by atoms with Gasteiger partial charge in [0.05, 0.1) is 24.3 Å². The lowest BCUT2D eigenvalue weighted by atomic mass is 10.1. The highest BCUT2D eigenvalue weighted by molar-refractivity contribution is 9.10. The summed E-state index contributed by atoms with van der Waals surface area (Å²) in [5, 5.41) is 2.85. The maximum absolute atomic E-state index is 6.11. The molecule has 1 unspecified atom stereocenters. The van der Waals surface area contributed by atoms with Crippen molar-refractivity contribution in [3.05, 3.63) is 33.3 Å². The molecule has 1 aliphatic rings. The van der Waals surface area contributed by atoms with Crippen molar-refractivity contribution in [3.8, 4) is 0 Å². The normalized spacial score (nSPS) is 18.8. The van der Waals surface area contributed by atoms with Crippen molar-refractivity contribution in [3.63, 3.8) is 0 Å². The maximum Gasteiger partial charge on any atom is 0.0608 e. The molecule has 1 fully saturated rings. The molecular formula is C12H17BrClN3O. The van der Waals surface area contributed by atoms with E-state index in [9.17, 15) is 0 Å². The molecular weight excluding hydrogens is 318 g/mol. The van der Waals surface area contributed by atoms with E-state index in [4.69, 9.17) is 22.1 Å². The van der Waals surface area contributed by atoms with Crippen molar-refractivity contribution in [1.29, 1.82) is 0 Å². The van der Waals surface area contributed by atoms with E-state index in [1.54, 1.807) is 0 Å². The van der Waals surface area contributed by atoms with Crippen LogP contribution in [0.15, 0.2) is 22.7 Å². The number of ether oxygens (including phenoxy) is 1. The molecule has 18 heavy (non-hydrogen) atoms. The van der Waals surface area contributed by atoms with Crippen LogP contribution in [-0.4, -0.2) is 37.9 Å². The molecule has 6 heteroatoms. The smallest absolute Gasteiger partial charge is 0.0608 e. The Morgan fingerprint density at radius 2 is 2.17 bits per heavy atom. The predicted molar refractivity (Wildman–Crippen MR) is 76.5 cm³/mol. The van der Waals surface area contributed by atoms with Crippen molar-refractivity contribution < 1.29 is 4.74 Å². The fourth-order valence-corrected chi connectivity index (χ4v) is 2.34. The van der Waals surface area contributed by atoms with Crippen LogP contribution in [0.4, 0.5) is 0 Å². The summed E-state index contributed by atoms with van der Waals surface area (Å²) in [6, 6.07) is 5.99. The minimum Gasteiger partial charge on any atom is -0.379 e. The molecule has 1 aromatic carbocycles. The second kappa shape index (κ2) is 6.84. The average molecular weight is 335 g/mol. The average Bonchev–Trinajstić information content (AvgIpc) is 2.40. The van der Waals surface area contributed by atoms with Crippen LogP contribution in [0.2, 0.25) is 5.02 Å². The first kappa shape index (κ1) is 14.2. The van der Waals surface area contributed by atoms with E-state index in [0.29, 0.717) is 11.6 Å². The lowest BCUT2D eigenvalue weighted by molar-refractivity contribution is 0.00405. The Bertz CT molecular complexity index is 399. The summed E-state index contributed by atoms with van der Waals surface area (Å²) in [4.78, 5) is 0. The van der Waals surface area contributed by atoms with Crippen LogP contribution in [-0.2, 0) is 4.74 Å². The predicted octanol–water partition coefficient (Wildman–Crippen LogP) is 1.94. The summed E-state index contributed by atoms with van der Waals surface area (Å²) in [5.41, 5.74) is 10.4. The highest BCUT2D eigenvalue weighted by Crippen LogP contribution is 2.26. The molecule has 1 atom stereocenters. The zero-order valence-electron chi connectivity index (χ0n) is 10.0. The summed E-state index contributed by atoms with van der Waals surface area (Å²) in [7, 11) is 0. The zero-order valence-corrected chi connectivity index (χ0v) is 12.4. The second-order valence-corrected chi connectivity index (χ2v) is 5.45. The third-order valence-corrected chi connectivity index (χ3v) is 4.16. The van der Waals surface area contributed by atoms with Crippen molar-refractivity contribution in [1.82, 2.24) is 10.4 Å². The van der Waals surface area contributed by atoms with Gasteiger partial charge in [-0.05, 0) is 33.6 Å². The number of rotatable bonds is 4. The zero-order chi connectivity index (χ0) is 13.0. The van der Waals surface area contributed by atoms with Crippen molar-refractivity contribution in [2.75, 3.05) is 32.8 Å². The number of hydrogen-bond acceptors (Lipinski definition) is 4. The molecule has 0 bridgehead atoms. The molecule has 1 aliphatic heterocycles. The Kier molecular flexibility index (Phi) is 5.41. The van der Waals surface area contributed by atoms with Gasteiger partial charge in [-0.15, -0.1) is 0 Å². The van der Waals surface area contributed by atoms with Crippen LogP contribution in [0, 0.1) is 0 Å². The molecule has 1 saturated heterocycles. The van der Waals surface area contributed by atoms with E-state index in [-0.39, 0.29) is 6.04 Å². The summed E-state index contributed by atoms with van der Waals surface area (Å²) in [5.74, 6) is 0. The third-order valence-electron chi connectivity index (χ3n) is 2.93. The van der Waals surface area contributed by atoms with E-state index in [0.717, 1.165) is 36.3 Å². The molecule has 0 spiro atoms. The number of nitrogens with two attached hydrogens (primary N) is 1. The van der Waals surface area contributed by atoms with Crippen LogP contribution in [0.5, 0.6) is 0 Å². The molecule has 4 nitrogen and oxygen atoms in total. The lowest BCUT2D eigenvalue weighted by Crippen LogP contribution is -2.48. The van der Waals surface area contributed by atoms with Gasteiger partial charge in [0.1, 0.15) is 0 Å². The number of hydrogen-bond donors (Lipinski definition) is 2. The van der Waals surface area contributed by atoms with Crippen molar-refractivity contribution in [2.45, 2.75) is 6.04 Å². The molecule has 0 aliphatic carbocycles. The molecule has 2 rings (SSSR count). The maximum atomic E-state index is 6.11. The van der Waals surface area contributed by atoms with Gasteiger partial charge in [0.15, 0.2) is 0 Å². The van der Waals surface area contributed by atoms with Gasteiger partial charge < -0.3 is 10.5 Å². The van der Waals surface area contributed by atoms with E-state index >= 15 is 0 Å². The first-order chi connectivity index (χ1) is 8.70. The molecule has 1 heterocycles. The molecule has 0 saturated carbocycles. The topological polar surface area (TPSA) is 50.5 Å². The Balaban J connectivity index is 2.04.